The van der Waals surface area contributed by atoms with Gasteiger partial charge in [-0.1, -0.05) is 23.2 Å². The second-order valence-electron chi connectivity index (χ2n) is 6.99. The average Bonchev–Trinajstić information content (AvgIpc) is 3.22. The van der Waals surface area contributed by atoms with Crippen LogP contribution in [-0.4, -0.2) is 31.0 Å². The fourth-order valence-corrected chi connectivity index (χ4v) is 5.88. The molecule has 0 saturated heterocycles. The number of nitrogens with zero attached hydrogens (tertiary/aromatic N) is 1. The first-order chi connectivity index (χ1) is 16.5. The third-order valence-corrected chi connectivity index (χ3v) is 8.07. The van der Waals surface area contributed by atoms with Gasteiger partial charge in [0.1, 0.15) is 9.90 Å². The van der Waals surface area contributed by atoms with Gasteiger partial charge in [0.25, 0.3) is 15.6 Å². The molecule has 0 aliphatic heterocycles. The zero-order chi connectivity index (χ0) is 25.5. The van der Waals surface area contributed by atoms with E-state index in [0.717, 1.165) is 23.5 Å². The van der Waals surface area contributed by atoms with Crippen LogP contribution in [0.3, 0.4) is 0 Å². The van der Waals surface area contributed by atoms with Crippen LogP contribution in [0.4, 0.5) is 20.6 Å². The zero-order valence-corrected chi connectivity index (χ0v) is 20.6. The van der Waals surface area contributed by atoms with E-state index in [0.29, 0.717) is 10.3 Å². The Hall–Kier alpha value is -3.39. The van der Waals surface area contributed by atoms with Crippen molar-refractivity contribution in [2.75, 3.05) is 17.7 Å². The molecule has 2 amide bonds. The second-order valence-corrected chi connectivity index (χ2v) is 11.0. The minimum absolute atomic E-state index is 0.111. The number of rotatable bonds is 5. The van der Waals surface area contributed by atoms with Crippen LogP contribution >= 0.6 is 34.5 Å². The number of fused-ring (bicyclic) bond motifs is 1. The highest BCUT2D eigenvalue weighted by Gasteiger charge is 2.22. The van der Waals surface area contributed by atoms with Crippen LogP contribution < -0.4 is 26.6 Å². The monoisotopic (exact) mass is 557 g/mol. The number of H-pyrrole nitrogens is 1. The van der Waals surface area contributed by atoms with Crippen LogP contribution in [-0.2, 0) is 10.0 Å². The van der Waals surface area contributed by atoms with E-state index in [9.17, 15) is 22.8 Å². The Morgan fingerprint density at radius 3 is 2.46 bits per heavy atom. The molecule has 0 fully saturated rings. The quantitative estimate of drug-likeness (QED) is 0.294. The summed E-state index contributed by atoms with van der Waals surface area (Å²) in [6.07, 6.45) is 0. The minimum Gasteiger partial charge on any atom is -0.388 e. The molecular weight excluding hydrogens is 544 g/mol. The normalized spacial score (nSPS) is 11.4. The van der Waals surface area contributed by atoms with Crippen molar-refractivity contribution in [1.29, 1.82) is 0 Å². The first-order valence-electron chi connectivity index (χ1n) is 9.55. The predicted molar refractivity (Wildman–Crippen MR) is 133 cm³/mol. The zero-order valence-electron chi connectivity index (χ0n) is 17.5. The number of amides is 2. The third-order valence-electron chi connectivity index (χ3n) is 4.73. The van der Waals surface area contributed by atoms with E-state index in [2.05, 4.69) is 15.6 Å². The van der Waals surface area contributed by atoms with Crippen molar-refractivity contribution in [2.45, 2.75) is 4.21 Å². The van der Waals surface area contributed by atoms with Crippen LogP contribution in [0, 0.1) is 5.82 Å². The summed E-state index contributed by atoms with van der Waals surface area (Å²) in [4.78, 5) is 40.3. The highest BCUT2D eigenvalue weighted by molar-refractivity contribution is 7.92. The SMILES string of the molecule is CNc1ccc2c(=O)n(-c3c(F)cc(NC(=O)NS(=O)(=O)c4ccc(Cl)s4)cc3Cl)c(=O)[nH]c2c1. The lowest BCUT2D eigenvalue weighted by atomic mass is 10.2. The smallest absolute Gasteiger partial charge is 0.333 e. The summed E-state index contributed by atoms with van der Waals surface area (Å²) in [5.74, 6) is -1.11. The van der Waals surface area contributed by atoms with Gasteiger partial charge in [0, 0.05) is 18.4 Å². The molecule has 4 N–H and O–H groups in total. The van der Waals surface area contributed by atoms with E-state index >= 15 is 4.39 Å². The number of carbonyl (C=O) groups is 1. The van der Waals surface area contributed by atoms with E-state index in [-0.39, 0.29) is 30.2 Å². The molecule has 10 nitrogen and oxygen atoms in total. The number of sulfonamides is 1. The Bertz CT molecular complexity index is 1690. The predicted octanol–water partition coefficient (Wildman–Crippen LogP) is 3.74. The number of hydrogen-bond donors (Lipinski definition) is 4. The second kappa shape index (κ2) is 9.34. The first-order valence-corrected chi connectivity index (χ1v) is 12.6. The fourth-order valence-electron chi connectivity index (χ4n) is 3.20. The van der Waals surface area contributed by atoms with Gasteiger partial charge in [0.15, 0.2) is 5.82 Å². The lowest BCUT2D eigenvalue weighted by Gasteiger charge is -2.13. The molecule has 0 aliphatic carbocycles. The summed E-state index contributed by atoms with van der Waals surface area (Å²) < 4.78 is 41.8. The van der Waals surface area contributed by atoms with Crippen LogP contribution in [0.25, 0.3) is 16.6 Å². The van der Waals surface area contributed by atoms with Crippen molar-refractivity contribution in [3.8, 4) is 5.69 Å². The third kappa shape index (κ3) is 4.89. The van der Waals surface area contributed by atoms with Crippen molar-refractivity contribution in [3.05, 3.63) is 78.5 Å². The Kier molecular flexibility index (Phi) is 6.60. The van der Waals surface area contributed by atoms with Crippen molar-refractivity contribution < 1.29 is 17.6 Å². The number of urea groups is 1. The highest BCUT2D eigenvalue weighted by Crippen LogP contribution is 2.28. The standard InChI is InChI=1S/C20H14Cl2FN5O5S2/c1-24-9-2-3-11-14(8-9)26-20(31)28(18(11)29)17-12(21)6-10(7-13(17)23)25-19(30)27-35(32,33)16-5-4-15(22)34-16/h2-8,24H,1H3,(H,26,31)(H2,25,27,30). The summed E-state index contributed by atoms with van der Waals surface area (Å²) >= 11 is 12.6. The van der Waals surface area contributed by atoms with Crippen molar-refractivity contribution in [2.24, 2.45) is 0 Å². The molecule has 35 heavy (non-hydrogen) atoms. The van der Waals surface area contributed by atoms with Gasteiger partial charge in [-0.25, -0.2) is 31.7 Å². The summed E-state index contributed by atoms with van der Waals surface area (Å²) in [5.41, 5.74) is -1.63. The van der Waals surface area contributed by atoms with Gasteiger partial charge in [-0.05, 0) is 42.5 Å². The van der Waals surface area contributed by atoms with Crippen molar-refractivity contribution in [1.82, 2.24) is 14.3 Å². The Balaban J connectivity index is 1.67. The van der Waals surface area contributed by atoms with Crippen molar-refractivity contribution >= 4 is 72.9 Å². The summed E-state index contributed by atoms with van der Waals surface area (Å²) in [7, 11) is -2.55. The topological polar surface area (TPSA) is 142 Å². The largest absolute Gasteiger partial charge is 0.388 e. The first kappa shape index (κ1) is 24.7. The number of carbonyl (C=O) groups excluding carboxylic acids is 1. The molecule has 182 valence electrons. The lowest BCUT2D eigenvalue weighted by molar-refractivity contribution is 0.256. The van der Waals surface area contributed by atoms with E-state index in [1.165, 1.54) is 18.2 Å². The Morgan fingerprint density at radius 1 is 1.09 bits per heavy atom. The number of aromatic amines is 1. The van der Waals surface area contributed by atoms with Gasteiger partial charge in [-0.3, -0.25) is 4.79 Å². The summed E-state index contributed by atoms with van der Waals surface area (Å²) in [5, 5.41) is 4.75. The molecular formula is C20H14Cl2FN5O5S2. The lowest BCUT2D eigenvalue weighted by Crippen LogP contribution is -2.35. The molecule has 2 heterocycles. The molecule has 4 rings (SSSR count). The molecule has 0 bridgehead atoms. The minimum atomic E-state index is -4.22. The van der Waals surface area contributed by atoms with Crippen molar-refractivity contribution in [3.63, 3.8) is 0 Å². The summed E-state index contributed by atoms with van der Waals surface area (Å²) in [6, 6.07) is 7.83. The maximum atomic E-state index is 15.0. The molecule has 0 saturated carbocycles. The van der Waals surface area contributed by atoms with E-state index < -0.39 is 38.8 Å². The maximum Gasteiger partial charge on any atom is 0.333 e. The number of aromatic nitrogens is 2. The number of nitrogens with one attached hydrogen (secondary N) is 4. The molecule has 2 aromatic carbocycles. The van der Waals surface area contributed by atoms with Gasteiger partial charge in [-0.2, -0.15) is 0 Å². The number of hydrogen-bond acceptors (Lipinski definition) is 7. The van der Waals surface area contributed by atoms with Crippen LogP contribution in [0.2, 0.25) is 9.36 Å². The van der Waals surface area contributed by atoms with Crippen LogP contribution in [0.1, 0.15) is 0 Å². The maximum absolute atomic E-state index is 15.0. The Labute approximate surface area is 210 Å². The van der Waals surface area contributed by atoms with Gasteiger partial charge >= 0.3 is 11.7 Å². The van der Waals surface area contributed by atoms with Crippen LogP contribution in [0.5, 0.6) is 0 Å². The van der Waals surface area contributed by atoms with Gasteiger partial charge in [0.05, 0.1) is 20.3 Å². The summed E-state index contributed by atoms with van der Waals surface area (Å²) in [6.45, 7) is 0. The molecule has 0 atom stereocenters. The van der Waals surface area contributed by atoms with Crippen LogP contribution in [0.15, 0.2) is 56.3 Å². The number of thiophene rings is 1. The molecule has 0 radical (unpaired) electrons. The average molecular weight is 558 g/mol. The number of halogens is 3. The number of anilines is 2. The van der Waals surface area contributed by atoms with Gasteiger partial charge in [0.2, 0.25) is 0 Å². The molecule has 0 spiro atoms. The molecule has 4 aromatic rings. The molecule has 15 heteroatoms. The highest BCUT2D eigenvalue weighted by atomic mass is 35.5. The number of benzene rings is 2. The molecule has 0 aliphatic rings. The van der Waals surface area contributed by atoms with E-state index in [4.69, 9.17) is 23.2 Å². The molecule has 0 unspecified atom stereocenters. The fraction of sp³-hybridized carbons (Fsp3) is 0.0500. The Morgan fingerprint density at radius 2 is 1.83 bits per heavy atom. The van der Waals surface area contributed by atoms with E-state index in [1.807, 2.05) is 0 Å². The molecule has 2 aromatic heterocycles. The van der Waals surface area contributed by atoms with Gasteiger partial charge in [-0.15, -0.1) is 11.3 Å². The van der Waals surface area contributed by atoms with Gasteiger partial charge < -0.3 is 15.6 Å². The van der Waals surface area contributed by atoms with E-state index in [1.54, 1.807) is 23.9 Å².